The molecule has 1 aliphatic rings. The van der Waals surface area contributed by atoms with Gasteiger partial charge >= 0.3 is 6.09 Å². The molecule has 1 heterocycles. The number of nitrogens with one attached hydrogen (secondary N) is 1. The number of thiol groups is 1. The first-order chi connectivity index (χ1) is 8.33. The molecule has 0 aromatic heterocycles. The van der Waals surface area contributed by atoms with Gasteiger partial charge in [0.1, 0.15) is 6.61 Å². The molecule has 1 aliphatic heterocycles. The van der Waals surface area contributed by atoms with Gasteiger partial charge in [-0.05, 0) is 6.42 Å². The van der Waals surface area contributed by atoms with E-state index >= 15 is 0 Å². The molecule has 0 aromatic rings. The van der Waals surface area contributed by atoms with Gasteiger partial charge in [-0.1, -0.05) is 20.1 Å². The quantitative estimate of drug-likeness (QED) is 0.495. The van der Waals surface area contributed by atoms with Crippen LogP contribution in [0.1, 0.15) is 13.8 Å². The summed E-state index contributed by atoms with van der Waals surface area (Å²) in [5.74, 6) is 0. The van der Waals surface area contributed by atoms with Crippen LogP contribution in [0.2, 0.25) is 0 Å². The number of carbonyl (C=O) groups excluding carboxylic acids is 1. The lowest BCUT2D eigenvalue weighted by molar-refractivity contribution is 0.108. The molecule has 2 atom stereocenters. The first-order valence-corrected chi connectivity index (χ1v) is 7.39. The lowest BCUT2D eigenvalue weighted by atomic mass is 10.2. The average Bonchev–Trinajstić information content (AvgIpc) is 2.64. The van der Waals surface area contributed by atoms with Crippen molar-refractivity contribution in [3.63, 3.8) is 0 Å². The summed E-state index contributed by atoms with van der Waals surface area (Å²) in [5, 5.41) is 4.84. The van der Waals surface area contributed by atoms with E-state index in [1.807, 2.05) is 0 Å². The summed E-state index contributed by atoms with van der Waals surface area (Å²) in [4.78, 5) is 13.1. The predicted molar refractivity (Wildman–Crippen MR) is 77.3 cm³/mol. The number of rotatable bonds is 5. The van der Waals surface area contributed by atoms with Crippen LogP contribution in [0.3, 0.4) is 0 Å². The molecule has 1 amide bonds. The van der Waals surface area contributed by atoms with Crippen molar-refractivity contribution in [1.29, 1.82) is 0 Å². The summed E-state index contributed by atoms with van der Waals surface area (Å²) in [6, 6.07) is -0.303. The number of likely N-dealkylation sites (tertiary alicyclic amines) is 1. The van der Waals surface area contributed by atoms with Crippen LogP contribution in [0.25, 0.3) is 0 Å². The zero-order chi connectivity index (χ0) is 13.8. The van der Waals surface area contributed by atoms with E-state index in [4.69, 9.17) is 9.88 Å². The minimum absolute atomic E-state index is 0. The van der Waals surface area contributed by atoms with Crippen LogP contribution in [0.5, 0.6) is 0 Å². The summed E-state index contributed by atoms with van der Waals surface area (Å²) in [6.07, 6.45) is 1.53. The second-order valence-corrected chi connectivity index (χ2v) is 6.06. The van der Waals surface area contributed by atoms with Gasteiger partial charge < -0.3 is 9.64 Å². The van der Waals surface area contributed by atoms with Crippen LogP contribution in [-0.4, -0.2) is 50.4 Å². The fraction of sp³-hybridized carbons (Fsp3) is 0.700. The van der Waals surface area contributed by atoms with Crippen molar-refractivity contribution in [2.45, 2.75) is 25.1 Å². The molecule has 0 radical (unpaired) electrons. The molecular formula is C10H21N3O4S2. The van der Waals surface area contributed by atoms with Crippen molar-refractivity contribution < 1.29 is 17.9 Å². The van der Waals surface area contributed by atoms with E-state index in [2.05, 4.69) is 23.9 Å². The number of hydrogen-bond acceptors (Lipinski definition) is 5. The summed E-state index contributed by atoms with van der Waals surface area (Å²) >= 11 is 4.28. The highest BCUT2D eigenvalue weighted by Crippen LogP contribution is 2.22. The van der Waals surface area contributed by atoms with Gasteiger partial charge in [0, 0.05) is 24.4 Å². The Balaban J connectivity index is 0.00000324. The third-order valence-electron chi connectivity index (χ3n) is 2.47. The van der Waals surface area contributed by atoms with E-state index in [1.54, 1.807) is 0 Å². The van der Waals surface area contributed by atoms with Crippen molar-refractivity contribution >= 4 is 28.9 Å². The van der Waals surface area contributed by atoms with Crippen molar-refractivity contribution in [3.05, 3.63) is 12.7 Å². The Morgan fingerprint density at radius 3 is 2.79 bits per heavy atom. The Bertz CT molecular complexity index is 413. The Hall–Kier alpha value is -0.770. The summed E-state index contributed by atoms with van der Waals surface area (Å²) in [5.41, 5.74) is 0. The molecular weight excluding hydrogens is 290 g/mol. The number of hydrogen-bond donors (Lipinski definition) is 3. The van der Waals surface area contributed by atoms with E-state index in [9.17, 15) is 13.2 Å². The van der Waals surface area contributed by atoms with Gasteiger partial charge in [0.2, 0.25) is 0 Å². The Kier molecular flexibility index (Phi) is 7.42. The normalized spacial score (nSPS) is 22.7. The first kappa shape index (κ1) is 18.2. The number of nitrogens with two attached hydrogens (primary N) is 1. The standard InChI is InChI=1S/C9H17N3O4S2.CH4/c1-2-3-16-9(13)12-6-8(17)4-7(12)5-11-18(10,14)15;/h2,7-8,11,17H,1,3-6H2,(H2,10,14,15);1H4/t7-,8-;/m0./s1. The average molecular weight is 311 g/mol. The molecule has 3 N–H and O–H groups in total. The van der Waals surface area contributed by atoms with Crippen LogP contribution in [0.15, 0.2) is 12.7 Å². The highest BCUT2D eigenvalue weighted by molar-refractivity contribution is 7.87. The van der Waals surface area contributed by atoms with Crippen LogP contribution in [0.4, 0.5) is 4.79 Å². The van der Waals surface area contributed by atoms with Crippen LogP contribution in [-0.2, 0) is 14.9 Å². The highest BCUT2D eigenvalue weighted by atomic mass is 32.2. The maximum Gasteiger partial charge on any atom is 0.410 e. The first-order valence-electron chi connectivity index (χ1n) is 5.33. The predicted octanol–water partition coefficient (Wildman–Crippen LogP) is 0.111. The fourth-order valence-electron chi connectivity index (χ4n) is 1.73. The molecule has 7 nitrogen and oxygen atoms in total. The molecule has 1 rings (SSSR count). The highest BCUT2D eigenvalue weighted by Gasteiger charge is 2.34. The van der Waals surface area contributed by atoms with Gasteiger partial charge in [-0.2, -0.15) is 21.0 Å². The molecule has 0 unspecified atom stereocenters. The Morgan fingerprint density at radius 2 is 2.26 bits per heavy atom. The number of nitrogens with zero attached hydrogens (tertiary/aromatic N) is 1. The van der Waals surface area contributed by atoms with Crippen molar-refractivity contribution in [2.24, 2.45) is 5.14 Å². The summed E-state index contributed by atoms with van der Waals surface area (Å²) in [7, 11) is -3.77. The lowest BCUT2D eigenvalue weighted by Gasteiger charge is -2.23. The third-order valence-corrected chi connectivity index (χ3v) is 3.41. The molecule has 0 aromatic carbocycles. The van der Waals surface area contributed by atoms with E-state index in [1.165, 1.54) is 11.0 Å². The van der Waals surface area contributed by atoms with Gasteiger partial charge in [0.15, 0.2) is 0 Å². The lowest BCUT2D eigenvalue weighted by Crippen LogP contribution is -2.44. The summed E-state index contributed by atoms with van der Waals surface area (Å²) in [6.45, 7) is 4.02. The van der Waals surface area contributed by atoms with E-state index in [-0.39, 0.29) is 31.9 Å². The number of carbonyl (C=O) groups is 1. The molecule has 19 heavy (non-hydrogen) atoms. The molecule has 0 aliphatic carbocycles. The molecule has 1 fully saturated rings. The molecule has 112 valence electrons. The molecule has 0 spiro atoms. The van der Waals surface area contributed by atoms with Crippen LogP contribution in [0, 0.1) is 0 Å². The van der Waals surface area contributed by atoms with Crippen LogP contribution >= 0.6 is 12.6 Å². The Morgan fingerprint density at radius 1 is 1.63 bits per heavy atom. The maximum absolute atomic E-state index is 11.7. The SMILES string of the molecule is C.C=CCOC(=O)N1C[C@@H](S)C[C@H]1CNS(N)(=O)=O. The zero-order valence-electron chi connectivity index (χ0n) is 9.78. The van der Waals surface area contributed by atoms with Gasteiger partial charge in [-0.15, -0.1) is 0 Å². The van der Waals surface area contributed by atoms with Gasteiger partial charge in [0.05, 0.1) is 0 Å². The van der Waals surface area contributed by atoms with Crippen molar-refractivity contribution in [1.82, 2.24) is 9.62 Å². The zero-order valence-corrected chi connectivity index (χ0v) is 11.5. The monoisotopic (exact) mass is 311 g/mol. The molecule has 0 saturated carbocycles. The van der Waals surface area contributed by atoms with Crippen molar-refractivity contribution in [2.75, 3.05) is 19.7 Å². The third kappa shape index (κ3) is 6.28. The minimum atomic E-state index is -3.77. The Labute approximate surface area is 119 Å². The molecule has 0 bridgehead atoms. The topological polar surface area (TPSA) is 102 Å². The summed E-state index contributed by atoms with van der Waals surface area (Å²) < 4.78 is 28.7. The van der Waals surface area contributed by atoms with Crippen LogP contribution < -0.4 is 9.86 Å². The second kappa shape index (κ2) is 7.73. The largest absolute Gasteiger partial charge is 0.445 e. The van der Waals surface area contributed by atoms with Gasteiger partial charge in [0.25, 0.3) is 10.2 Å². The number of ether oxygens (including phenoxy) is 1. The number of amides is 1. The smallest absolute Gasteiger partial charge is 0.410 e. The fourth-order valence-corrected chi connectivity index (χ4v) is 2.58. The van der Waals surface area contributed by atoms with Gasteiger partial charge in [-0.3, -0.25) is 0 Å². The van der Waals surface area contributed by atoms with Crippen molar-refractivity contribution in [3.8, 4) is 0 Å². The molecule has 9 heteroatoms. The second-order valence-electron chi connectivity index (χ2n) is 3.95. The maximum atomic E-state index is 11.7. The minimum Gasteiger partial charge on any atom is -0.445 e. The van der Waals surface area contributed by atoms with Gasteiger partial charge in [-0.25, -0.2) is 14.7 Å². The van der Waals surface area contributed by atoms with E-state index in [0.29, 0.717) is 13.0 Å². The molecule has 1 saturated heterocycles. The van der Waals surface area contributed by atoms with E-state index < -0.39 is 16.3 Å². The van der Waals surface area contributed by atoms with E-state index in [0.717, 1.165) is 0 Å².